The SMILES string of the molecule is COC(=O)c1ccc(NC(=O)C(CC2CCCCC2)NC(=O)c2scc(SC(C)C)c2N)nc1. The topological polar surface area (TPSA) is 123 Å². The molecule has 2 aromatic rings. The number of carbonyl (C=O) groups is 3. The van der Waals surface area contributed by atoms with E-state index >= 15 is 0 Å². The standard InChI is InChI=1S/C24H32N4O4S2/c1-14(2)34-18-13-33-21(20(18)25)23(30)27-17(11-15-7-5-4-6-8-15)22(29)28-19-10-9-16(12-26-19)24(31)32-3/h9-10,12-15,17H,4-8,11,25H2,1-3H3,(H,27,30)(H,26,28,29). The maximum Gasteiger partial charge on any atom is 0.339 e. The molecule has 0 aliphatic heterocycles. The first-order valence-corrected chi connectivity index (χ1v) is 13.2. The molecule has 1 saturated carbocycles. The molecule has 1 aliphatic carbocycles. The molecular weight excluding hydrogens is 472 g/mol. The number of esters is 1. The van der Waals surface area contributed by atoms with Crippen molar-refractivity contribution < 1.29 is 19.1 Å². The van der Waals surface area contributed by atoms with Gasteiger partial charge >= 0.3 is 5.97 Å². The first kappa shape index (κ1) is 26.0. The van der Waals surface area contributed by atoms with Crippen molar-refractivity contribution in [2.75, 3.05) is 18.2 Å². The van der Waals surface area contributed by atoms with E-state index in [2.05, 4.69) is 34.2 Å². The highest BCUT2D eigenvalue weighted by Crippen LogP contribution is 2.36. The van der Waals surface area contributed by atoms with Crippen LogP contribution >= 0.6 is 23.1 Å². The van der Waals surface area contributed by atoms with Gasteiger partial charge in [0.2, 0.25) is 5.91 Å². The number of nitrogens with one attached hydrogen (secondary N) is 2. The Morgan fingerprint density at radius 2 is 1.97 bits per heavy atom. The van der Waals surface area contributed by atoms with Gasteiger partial charge < -0.3 is 21.1 Å². The normalized spacial score (nSPS) is 15.1. The van der Waals surface area contributed by atoms with Gasteiger partial charge in [-0.3, -0.25) is 9.59 Å². The van der Waals surface area contributed by atoms with Crippen LogP contribution in [0.4, 0.5) is 11.5 Å². The summed E-state index contributed by atoms with van der Waals surface area (Å²) in [6.07, 6.45) is 7.46. The largest absolute Gasteiger partial charge is 0.465 e. The van der Waals surface area contributed by atoms with Crippen LogP contribution in [0.3, 0.4) is 0 Å². The third-order valence-corrected chi connectivity index (χ3v) is 7.92. The zero-order chi connectivity index (χ0) is 24.7. The van der Waals surface area contributed by atoms with Gasteiger partial charge in [0.15, 0.2) is 0 Å². The minimum absolute atomic E-state index is 0.288. The number of nitrogen functional groups attached to an aromatic ring is 1. The lowest BCUT2D eigenvalue weighted by molar-refractivity contribution is -0.118. The number of hydrogen-bond acceptors (Lipinski definition) is 8. The highest BCUT2D eigenvalue weighted by Gasteiger charge is 2.28. The van der Waals surface area contributed by atoms with Gasteiger partial charge in [0.1, 0.15) is 16.7 Å². The van der Waals surface area contributed by atoms with Crippen LogP contribution in [0.5, 0.6) is 0 Å². The van der Waals surface area contributed by atoms with Crippen molar-refractivity contribution in [3.8, 4) is 0 Å². The molecule has 0 saturated heterocycles. The monoisotopic (exact) mass is 504 g/mol. The number of carbonyl (C=O) groups excluding carboxylic acids is 3. The average molecular weight is 505 g/mol. The number of nitrogens with zero attached hydrogens (tertiary/aromatic N) is 1. The van der Waals surface area contributed by atoms with Crippen molar-refractivity contribution >= 4 is 52.4 Å². The van der Waals surface area contributed by atoms with E-state index in [0.717, 1.165) is 30.6 Å². The zero-order valence-electron chi connectivity index (χ0n) is 19.8. The summed E-state index contributed by atoms with van der Waals surface area (Å²) in [7, 11) is 1.29. The van der Waals surface area contributed by atoms with Crippen LogP contribution in [-0.4, -0.2) is 41.2 Å². The first-order chi connectivity index (χ1) is 16.3. The van der Waals surface area contributed by atoms with E-state index in [0.29, 0.717) is 34.0 Å². The number of methoxy groups -OCH3 is 1. The molecule has 2 heterocycles. The summed E-state index contributed by atoms with van der Waals surface area (Å²) in [6, 6.07) is 2.35. The number of ether oxygens (including phenoxy) is 1. The van der Waals surface area contributed by atoms with Crippen LogP contribution in [0.2, 0.25) is 0 Å². The molecular formula is C24H32N4O4S2. The van der Waals surface area contributed by atoms with Gasteiger partial charge in [-0.1, -0.05) is 46.0 Å². The van der Waals surface area contributed by atoms with Gasteiger partial charge in [0.05, 0.1) is 18.4 Å². The van der Waals surface area contributed by atoms with E-state index < -0.39 is 12.0 Å². The van der Waals surface area contributed by atoms with Crippen molar-refractivity contribution in [2.24, 2.45) is 5.92 Å². The third-order valence-electron chi connectivity index (χ3n) is 5.71. The molecule has 184 valence electrons. The van der Waals surface area contributed by atoms with Crippen LogP contribution in [-0.2, 0) is 9.53 Å². The Labute approximate surface area is 208 Å². The lowest BCUT2D eigenvalue weighted by Gasteiger charge is -2.26. The molecule has 3 rings (SSSR count). The summed E-state index contributed by atoms with van der Waals surface area (Å²) in [5.41, 5.74) is 6.99. The number of thioether (sulfide) groups is 1. The highest BCUT2D eigenvalue weighted by molar-refractivity contribution is 8.00. The molecule has 34 heavy (non-hydrogen) atoms. The van der Waals surface area contributed by atoms with Crippen LogP contribution in [0.15, 0.2) is 28.6 Å². The van der Waals surface area contributed by atoms with Crippen molar-refractivity contribution in [1.82, 2.24) is 10.3 Å². The quantitative estimate of drug-likeness (QED) is 0.333. The number of nitrogens with two attached hydrogens (primary N) is 1. The van der Waals surface area contributed by atoms with Crippen LogP contribution in [0.25, 0.3) is 0 Å². The Kier molecular flexibility index (Phi) is 9.35. The molecule has 0 radical (unpaired) electrons. The second-order valence-corrected chi connectivity index (χ2v) is 11.2. The second-order valence-electron chi connectivity index (χ2n) is 8.69. The fourth-order valence-electron chi connectivity index (χ4n) is 4.00. The third kappa shape index (κ3) is 6.96. The Morgan fingerprint density at radius 1 is 1.24 bits per heavy atom. The first-order valence-electron chi connectivity index (χ1n) is 11.5. The van der Waals surface area contributed by atoms with Crippen molar-refractivity contribution in [3.05, 3.63) is 34.2 Å². The lowest BCUT2D eigenvalue weighted by atomic mass is 9.84. The van der Waals surface area contributed by atoms with Gasteiger partial charge in [0.25, 0.3) is 5.91 Å². The Balaban J connectivity index is 1.73. The van der Waals surface area contributed by atoms with Crippen LogP contribution < -0.4 is 16.4 Å². The molecule has 1 aliphatic rings. The average Bonchev–Trinajstić information content (AvgIpc) is 3.18. The number of pyridine rings is 1. The molecule has 4 N–H and O–H groups in total. The summed E-state index contributed by atoms with van der Waals surface area (Å²) in [5, 5.41) is 7.91. The van der Waals surface area contributed by atoms with E-state index in [4.69, 9.17) is 5.73 Å². The van der Waals surface area contributed by atoms with Crippen molar-refractivity contribution in [1.29, 1.82) is 0 Å². The molecule has 1 atom stereocenters. The molecule has 0 bridgehead atoms. The predicted octanol–water partition coefficient (Wildman–Crippen LogP) is 4.72. The predicted molar refractivity (Wildman–Crippen MR) is 136 cm³/mol. The number of anilines is 2. The Hall–Kier alpha value is -2.59. The molecule has 10 heteroatoms. The number of amides is 2. The minimum atomic E-state index is -0.722. The van der Waals surface area contributed by atoms with E-state index in [1.54, 1.807) is 11.8 Å². The molecule has 1 fully saturated rings. The van der Waals surface area contributed by atoms with Gasteiger partial charge in [-0.15, -0.1) is 23.1 Å². The van der Waals surface area contributed by atoms with Gasteiger partial charge in [-0.2, -0.15) is 0 Å². The number of aromatic nitrogens is 1. The van der Waals surface area contributed by atoms with Gasteiger partial charge in [0, 0.05) is 21.7 Å². The van der Waals surface area contributed by atoms with Crippen molar-refractivity contribution in [2.45, 2.75) is 68.6 Å². The number of thiophene rings is 1. The lowest BCUT2D eigenvalue weighted by Crippen LogP contribution is -2.45. The van der Waals surface area contributed by atoms with E-state index in [1.807, 2.05) is 5.38 Å². The van der Waals surface area contributed by atoms with E-state index in [9.17, 15) is 14.4 Å². The second kappa shape index (κ2) is 12.2. The minimum Gasteiger partial charge on any atom is -0.465 e. The summed E-state index contributed by atoms with van der Waals surface area (Å²) in [4.78, 5) is 43.3. The van der Waals surface area contributed by atoms with E-state index in [1.165, 1.54) is 43.2 Å². The van der Waals surface area contributed by atoms with Gasteiger partial charge in [-0.25, -0.2) is 9.78 Å². The molecule has 1 unspecified atom stereocenters. The number of rotatable bonds is 9. The van der Waals surface area contributed by atoms with E-state index in [-0.39, 0.29) is 17.4 Å². The molecule has 2 aromatic heterocycles. The molecule has 0 spiro atoms. The van der Waals surface area contributed by atoms with Gasteiger partial charge in [-0.05, 0) is 24.5 Å². The maximum absolute atomic E-state index is 13.2. The highest BCUT2D eigenvalue weighted by atomic mass is 32.2. The van der Waals surface area contributed by atoms with Crippen molar-refractivity contribution in [3.63, 3.8) is 0 Å². The van der Waals surface area contributed by atoms with Crippen LogP contribution in [0, 0.1) is 5.92 Å². The fraction of sp³-hybridized carbons (Fsp3) is 0.500. The maximum atomic E-state index is 13.2. The molecule has 8 nitrogen and oxygen atoms in total. The Bertz CT molecular complexity index is 1000. The summed E-state index contributed by atoms with van der Waals surface area (Å²) in [6.45, 7) is 4.13. The summed E-state index contributed by atoms with van der Waals surface area (Å²) >= 11 is 2.90. The molecule has 2 amide bonds. The fourth-order valence-corrected chi connectivity index (χ4v) is 5.93. The molecule has 0 aromatic carbocycles. The van der Waals surface area contributed by atoms with Crippen LogP contribution in [0.1, 0.15) is 72.4 Å². The smallest absolute Gasteiger partial charge is 0.339 e. The summed E-state index contributed by atoms with van der Waals surface area (Å²) in [5.74, 6) is -0.525. The Morgan fingerprint density at radius 3 is 2.59 bits per heavy atom. The summed E-state index contributed by atoms with van der Waals surface area (Å²) < 4.78 is 4.67. The zero-order valence-corrected chi connectivity index (χ0v) is 21.4. The number of hydrogen-bond donors (Lipinski definition) is 3.